The minimum atomic E-state index is -0.988. The number of nitro groups is 1. The number of ether oxygens (including phenoxy) is 3. The van der Waals surface area contributed by atoms with Gasteiger partial charge in [0.2, 0.25) is 0 Å². The van der Waals surface area contributed by atoms with Crippen molar-refractivity contribution in [1.29, 1.82) is 0 Å². The van der Waals surface area contributed by atoms with Crippen LogP contribution in [0, 0.1) is 10.1 Å². The van der Waals surface area contributed by atoms with Gasteiger partial charge in [0.15, 0.2) is 5.72 Å². The molecule has 2 aromatic rings. The third kappa shape index (κ3) is 2.67. The lowest BCUT2D eigenvalue weighted by Crippen LogP contribution is -2.65. The highest BCUT2D eigenvalue weighted by Gasteiger charge is 2.50. The van der Waals surface area contributed by atoms with E-state index in [0.717, 1.165) is 0 Å². The maximum absolute atomic E-state index is 13.0. The van der Waals surface area contributed by atoms with Crippen molar-refractivity contribution in [1.82, 2.24) is 5.32 Å². The molecule has 1 N–H and O–H groups in total. The molecule has 4 rings (SSSR count). The van der Waals surface area contributed by atoms with Gasteiger partial charge in [-0.2, -0.15) is 0 Å². The van der Waals surface area contributed by atoms with Gasteiger partial charge in [-0.3, -0.25) is 15.0 Å². The van der Waals surface area contributed by atoms with E-state index in [1.165, 1.54) is 24.1 Å². The standard InChI is InChI=1S/C19H19N3O6/c1-19-10-14(13-8-11(22(24)25)4-7-16(13)28-19)20-18(23)21(19)15-6-5-12(26-2)9-17(15)27-3/h4-9,14H,10H2,1-3H3,(H,20,23)/t14-,19-/m1/s1. The molecule has 0 unspecified atom stereocenters. The van der Waals surface area contributed by atoms with Crippen molar-refractivity contribution in [3.05, 3.63) is 52.1 Å². The normalized spacial score (nSPS) is 22.6. The van der Waals surface area contributed by atoms with Crippen LogP contribution in [0.5, 0.6) is 17.2 Å². The maximum Gasteiger partial charge on any atom is 0.325 e. The first-order valence-corrected chi connectivity index (χ1v) is 8.66. The summed E-state index contributed by atoms with van der Waals surface area (Å²) in [6.07, 6.45) is 0.419. The van der Waals surface area contributed by atoms with E-state index in [1.807, 2.05) is 6.92 Å². The van der Waals surface area contributed by atoms with Crippen LogP contribution in [-0.4, -0.2) is 30.9 Å². The number of anilines is 1. The first-order chi connectivity index (χ1) is 13.4. The number of benzene rings is 2. The van der Waals surface area contributed by atoms with Gasteiger partial charge in [0.05, 0.1) is 30.9 Å². The van der Waals surface area contributed by atoms with Crippen LogP contribution in [0.15, 0.2) is 36.4 Å². The van der Waals surface area contributed by atoms with Crippen LogP contribution in [0.25, 0.3) is 0 Å². The first kappa shape index (κ1) is 17.9. The van der Waals surface area contributed by atoms with Gasteiger partial charge in [0.1, 0.15) is 17.2 Å². The summed E-state index contributed by atoms with van der Waals surface area (Å²) in [5.74, 6) is 1.57. The van der Waals surface area contributed by atoms with E-state index in [2.05, 4.69) is 5.32 Å². The summed E-state index contributed by atoms with van der Waals surface area (Å²) < 4.78 is 16.8. The van der Waals surface area contributed by atoms with E-state index in [0.29, 0.717) is 34.9 Å². The molecule has 0 aliphatic carbocycles. The van der Waals surface area contributed by atoms with Crippen LogP contribution < -0.4 is 24.4 Å². The van der Waals surface area contributed by atoms with E-state index in [-0.39, 0.29) is 17.8 Å². The molecule has 9 heteroatoms. The molecule has 2 aromatic carbocycles. The van der Waals surface area contributed by atoms with Crippen LogP contribution in [0.1, 0.15) is 24.9 Å². The molecule has 2 aliphatic heterocycles. The van der Waals surface area contributed by atoms with Crippen LogP contribution in [0.4, 0.5) is 16.2 Å². The van der Waals surface area contributed by atoms with E-state index in [4.69, 9.17) is 14.2 Å². The molecule has 2 bridgehead atoms. The van der Waals surface area contributed by atoms with Crippen molar-refractivity contribution in [2.45, 2.75) is 25.1 Å². The Labute approximate surface area is 160 Å². The van der Waals surface area contributed by atoms with Crippen LogP contribution in [0.3, 0.4) is 0 Å². The van der Waals surface area contributed by atoms with Gasteiger partial charge in [0, 0.05) is 30.2 Å². The van der Waals surface area contributed by atoms with E-state index in [9.17, 15) is 14.9 Å². The summed E-state index contributed by atoms with van der Waals surface area (Å²) in [7, 11) is 3.07. The second-order valence-corrected chi connectivity index (χ2v) is 6.84. The second kappa shape index (κ2) is 6.29. The summed E-state index contributed by atoms with van der Waals surface area (Å²) >= 11 is 0. The number of nitro benzene ring substituents is 1. The van der Waals surface area contributed by atoms with Gasteiger partial charge in [-0.05, 0) is 25.1 Å². The molecule has 9 nitrogen and oxygen atoms in total. The average Bonchev–Trinajstić information content (AvgIpc) is 2.67. The lowest BCUT2D eigenvalue weighted by molar-refractivity contribution is -0.385. The molecule has 0 spiro atoms. The quantitative estimate of drug-likeness (QED) is 0.639. The number of amides is 2. The number of methoxy groups -OCH3 is 2. The third-order valence-electron chi connectivity index (χ3n) is 5.09. The fraction of sp³-hybridized carbons (Fsp3) is 0.316. The number of hydrogen-bond acceptors (Lipinski definition) is 6. The Morgan fingerprint density at radius 2 is 2.04 bits per heavy atom. The van der Waals surface area contributed by atoms with Crippen LogP contribution >= 0.6 is 0 Å². The molecule has 2 aliphatic rings. The molecule has 0 radical (unpaired) electrons. The molecule has 0 saturated carbocycles. The third-order valence-corrected chi connectivity index (χ3v) is 5.09. The molecule has 1 fully saturated rings. The van der Waals surface area contributed by atoms with Crippen molar-refractivity contribution in [3.8, 4) is 17.2 Å². The predicted octanol–water partition coefficient (Wildman–Crippen LogP) is 3.38. The van der Waals surface area contributed by atoms with Crippen molar-refractivity contribution in [2.24, 2.45) is 0 Å². The van der Waals surface area contributed by atoms with Gasteiger partial charge in [-0.15, -0.1) is 0 Å². The smallest absolute Gasteiger partial charge is 0.325 e. The minimum absolute atomic E-state index is 0.0422. The summed E-state index contributed by atoms with van der Waals surface area (Å²) in [6.45, 7) is 1.81. The van der Waals surface area contributed by atoms with Gasteiger partial charge in [-0.25, -0.2) is 4.79 Å². The monoisotopic (exact) mass is 385 g/mol. The molecule has 2 amide bonds. The van der Waals surface area contributed by atoms with Crippen molar-refractivity contribution in [2.75, 3.05) is 19.1 Å². The zero-order valence-corrected chi connectivity index (χ0v) is 15.6. The SMILES string of the molecule is COc1ccc(N2C(=O)N[C@@H]3C[C@@]2(C)Oc2ccc([N+](=O)[O-])cc23)c(OC)c1. The average molecular weight is 385 g/mol. The van der Waals surface area contributed by atoms with E-state index < -0.39 is 10.6 Å². The Morgan fingerprint density at radius 3 is 2.71 bits per heavy atom. The number of nitrogens with one attached hydrogen (secondary N) is 1. The molecular weight excluding hydrogens is 366 g/mol. The van der Waals surface area contributed by atoms with Gasteiger partial charge >= 0.3 is 6.03 Å². The maximum atomic E-state index is 13.0. The lowest BCUT2D eigenvalue weighted by atomic mass is 9.89. The highest BCUT2D eigenvalue weighted by molar-refractivity contribution is 5.96. The van der Waals surface area contributed by atoms with Gasteiger partial charge in [-0.1, -0.05) is 0 Å². The number of carbonyl (C=O) groups is 1. The first-order valence-electron chi connectivity index (χ1n) is 8.66. The predicted molar refractivity (Wildman–Crippen MR) is 100 cm³/mol. The van der Waals surface area contributed by atoms with Gasteiger partial charge < -0.3 is 19.5 Å². The molecular formula is C19H19N3O6. The Balaban J connectivity index is 1.78. The molecule has 28 heavy (non-hydrogen) atoms. The summed E-state index contributed by atoms with van der Waals surface area (Å²) in [6, 6.07) is 8.81. The summed E-state index contributed by atoms with van der Waals surface area (Å²) in [4.78, 5) is 25.1. The van der Waals surface area contributed by atoms with E-state index >= 15 is 0 Å². The zero-order valence-electron chi connectivity index (χ0n) is 15.6. The number of non-ortho nitro benzene ring substituents is 1. The zero-order chi connectivity index (χ0) is 20.1. The molecule has 1 saturated heterocycles. The number of carbonyl (C=O) groups excluding carboxylic acids is 1. The van der Waals surface area contributed by atoms with Crippen LogP contribution in [0.2, 0.25) is 0 Å². The molecule has 146 valence electrons. The van der Waals surface area contributed by atoms with E-state index in [1.54, 1.807) is 31.4 Å². The molecule has 2 atom stereocenters. The molecule has 2 heterocycles. The Morgan fingerprint density at radius 1 is 1.25 bits per heavy atom. The second-order valence-electron chi connectivity index (χ2n) is 6.84. The Hall–Kier alpha value is -3.49. The minimum Gasteiger partial charge on any atom is -0.497 e. The van der Waals surface area contributed by atoms with Gasteiger partial charge in [0.25, 0.3) is 5.69 Å². The van der Waals surface area contributed by atoms with Crippen LogP contribution in [-0.2, 0) is 0 Å². The van der Waals surface area contributed by atoms with Crippen molar-refractivity contribution in [3.63, 3.8) is 0 Å². The van der Waals surface area contributed by atoms with Crippen molar-refractivity contribution < 1.29 is 23.9 Å². The lowest BCUT2D eigenvalue weighted by Gasteiger charge is -2.50. The Bertz CT molecular complexity index is 978. The number of fused-ring (bicyclic) bond motifs is 4. The number of nitrogens with zero attached hydrogens (tertiary/aromatic N) is 2. The Kier molecular flexibility index (Phi) is 4.02. The summed E-state index contributed by atoms with van der Waals surface area (Å²) in [5.41, 5.74) is 0.103. The summed E-state index contributed by atoms with van der Waals surface area (Å²) in [5, 5.41) is 14.0. The molecule has 0 aromatic heterocycles. The highest BCUT2D eigenvalue weighted by atomic mass is 16.6. The number of urea groups is 1. The fourth-order valence-electron chi connectivity index (χ4n) is 3.81. The van der Waals surface area contributed by atoms with Crippen molar-refractivity contribution >= 4 is 17.4 Å². The number of rotatable bonds is 4. The largest absolute Gasteiger partial charge is 0.497 e. The highest BCUT2D eigenvalue weighted by Crippen LogP contribution is 2.48. The number of hydrogen-bond donors (Lipinski definition) is 1. The topological polar surface area (TPSA) is 103 Å². The fourth-order valence-corrected chi connectivity index (χ4v) is 3.81.